The number of rotatable bonds is 4. The second-order valence-corrected chi connectivity index (χ2v) is 6.91. The van der Waals surface area contributed by atoms with E-state index >= 15 is 0 Å². The largest absolute Gasteiger partial charge is 0.433 e. The number of hydrogen-bond acceptors (Lipinski definition) is 5. The van der Waals surface area contributed by atoms with Crippen LogP contribution in [0.25, 0.3) is 0 Å². The first-order valence-electron chi connectivity index (χ1n) is 9.03. The number of amides is 2. The van der Waals surface area contributed by atoms with Gasteiger partial charge >= 0.3 is 5.88 Å². The molecule has 1 aromatic heterocycles. The van der Waals surface area contributed by atoms with Crippen LogP contribution in [0.15, 0.2) is 34.7 Å². The summed E-state index contributed by atoms with van der Waals surface area (Å²) in [5.74, 6) is -0.938. The van der Waals surface area contributed by atoms with Gasteiger partial charge in [0.15, 0.2) is 5.76 Å². The highest BCUT2D eigenvalue weighted by molar-refractivity contribution is 6.03. The van der Waals surface area contributed by atoms with E-state index in [0.29, 0.717) is 12.2 Å². The maximum atomic E-state index is 12.8. The van der Waals surface area contributed by atoms with Gasteiger partial charge in [-0.1, -0.05) is 18.9 Å². The van der Waals surface area contributed by atoms with Gasteiger partial charge in [0, 0.05) is 23.8 Å². The van der Waals surface area contributed by atoms with E-state index in [1.807, 2.05) is 11.0 Å². The van der Waals surface area contributed by atoms with Gasteiger partial charge in [0.25, 0.3) is 5.91 Å². The number of benzene rings is 1. The second-order valence-electron chi connectivity index (χ2n) is 6.91. The van der Waals surface area contributed by atoms with Crippen LogP contribution in [0.1, 0.15) is 41.8 Å². The predicted molar refractivity (Wildman–Crippen MR) is 97.8 cm³/mol. The molecule has 2 aliphatic rings. The lowest BCUT2D eigenvalue weighted by Gasteiger charge is -2.21. The molecule has 1 fully saturated rings. The molecule has 1 aliphatic carbocycles. The van der Waals surface area contributed by atoms with Crippen molar-refractivity contribution in [1.82, 2.24) is 0 Å². The first-order valence-corrected chi connectivity index (χ1v) is 9.03. The smallest absolute Gasteiger partial charge is 0.395 e. The summed E-state index contributed by atoms with van der Waals surface area (Å²) in [5, 5.41) is 13.4. The molecule has 8 heteroatoms. The third-order valence-corrected chi connectivity index (χ3v) is 5.20. The Morgan fingerprint density at radius 3 is 2.67 bits per heavy atom. The number of fused-ring (bicyclic) bond motifs is 1. The summed E-state index contributed by atoms with van der Waals surface area (Å²) in [6.45, 7) is 0.659. The SMILES string of the molecule is O=C(Nc1ccc2c(c1)N(C(=O)C1CCCC1)CC2)c1ccc([N+](=O)[O-])o1. The van der Waals surface area contributed by atoms with Gasteiger partial charge in [-0.25, -0.2) is 0 Å². The summed E-state index contributed by atoms with van der Waals surface area (Å²) in [6, 6.07) is 7.84. The molecule has 0 saturated heterocycles. The van der Waals surface area contributed by atoms with Crippen molar-refractivity contribution in [3.05, 3.63) is 51.8 Å². The van der Waals surface area contributed by atoms with E-state index in [1.165, 1.54) is 6.07 Å². The predicted octanol–water partition coefficient (Wildman–Crippen LogP) is 3.52. The van der Waals surface area contributed by atoms with Crippen molar-refractivity contribution in [2.24, 2.45) is 5.92 Å². The second kappa shape index (κ2) is 6.86. The van der Waals surface area contributed by atoms with E-state index in [0.717, 1.165) is 49.4 Å². The van der Waals surface area contributed by atoms with Crippen LogP contribution in [0.4, 0.5) is 17.3 Å². The molecule has 0 atom stereocenters. The Labute approximate surface area is 155 Å². The van der Waals surface area contributed by atoms with Crippen molar-refractivity contribution >= 4 is 29.1 Å². The van der Waals surface area contributed by atoms with E-state index in [-0.39, 0.29) is 17.6 Å². The Morgan fingerprint density at radius 1 is 1.19 bits per heavy atom. The molecule has 2 amide bonds. The van der Waals surface area contributed by atoms with Crippen molar-refractivity contribution < 1.29 is 18.9 Å². The average molecular weight is 369 g/mol. The molecular weight excluding hydrogens is 350 g/mol. The van der Waals surface area contributed by atoms with Gasteiger partial charge in [0.05, 0.1) is 6.07 Å². The summed E-state index contributed by atoms with van der Waals surface area (Å²) >= 11 is 0. The van der Waals surface area contributed by atoms with Crippen LogP contribution in [0, 0.1) is 16.0 Å². The van der Waals surface area contributed by atoms with Crippen LogP contribution < -0.4 is 10.2 Å². The molecule has 1 N–H and O–H groups in total. The molecule has 1 aliphatic heterocycles. The molecule has 0 spiro atoms. The Morgan fingerprint density at radius 2 is 1.96 bits per heavy atom. The number of carbonyl (C=O) groups is 2. The molecule has 2 heterocycles. The highest BCUT2D eigenvalue weighted by Crippen LogP contribution is 2.35. The topological polar surface area (TPSA) is 106 Å². The lowest BCUT2D eigenvalue weighted by atomic mass is 10.1. The normalized spacial score (nSPS) is 16.4. The fourth-order valence-electron chi connectivity index (χ4n) is 3.82. The Balaban J connectivity index is 1.51. The Bertz CT molecular complexity index is 914. The van der Waals surface area contributed by atoms with Crippen LogP contribution in [0.2, 0.25) is 0 Å². The molecule has 2 aromatic rings. The van der Waals surface area contributed by atoms with Crippen molar-refractivity contribution in [3.63, 3.8) is 0 Å². The number of carbonyl (C=O) groups excluding carboxylic acids is 2. The monoisotopic (exact) mass is 369 g/mol. The number of hydrogen-bond donors (Lipinski definition) is 1. The van der Waals surface area contributed by atoms with Gasteiger partial charge in [-0.15, -0.1) is 0 Å². The third kappa shape index (κ3) is 3.30. The Hall–Kier alpha value is -3.16. The highest BCUT2D eigenvalue weighted by atomic mass is 16.6. The molecule has 0 bridgehead atoms. The molecule has 0 unspecified atom stereocenters. The molecule has 140 valence electrons. The van der Waals surface area contributed by atoms with E-state index in [4.69, 9.17) is 4.42 Å². The quantitative estimate of drug-likeness (QED) is 0.656. The summed E-state index contributed by atoms with van der Waals surface area (Å²) in [6.07, 6.45) is 4.88. The van der Waals surface area contributed by atoms with Gasteiger partial charge < -0.3 is 14.6 Å². The maximum Gasteiger partial charge on any atom is 0.433 e. The van der Waals surface area contributed by atoms with Gasteiger partial charge in [-0.05, 0) is 43.0 Å². The minimum Gasteiger partial charge on any atom is -0.395 e. The molecule has 0 radical (unpaired) electrons. The minimum atomic E-state index is -0.696. The first-order chi connectivity index (χ1) is 13.0. The first kappa shape index (κ1) is 17.3. The van der Waals surface area contributed by atoms with Crippen LogP contribution in [0.3, 0.4) is 0 Å². The van der Waals surface area contributed by atoms with Crippen LogP contribution in [-0.4, -0.2) is 23.3 Å². The van der Waals surface area contributed by atoms with Gasteiger partial charge in [0.2, 0.25) is 5.91 Å². The number of nitrogens with zero attached hydrogens (tertiary/aromatic N) is 2. The van der Waals surface area contributed by atoms with E-state index in [9.17, 15) is 19.7 Å². The molecule has 1 aromatic carbocycles. The van der Waals surface area contributed by atoms with Crippen LogP contribution in [-0.2, 0) is 11.2 Å². The van der Waals surface area contributed by atoms with E-state index in [2.05, 4.69) is 5.32 Å². The Kier molecular flexibility index (Phi) is 4.39. The number of anilines is 2. The molecular formula is C19H19N3O5. The zero-order chi connectivity index (χ0) is 19.0. The number of furan rings is 1. The number of nitro groups is 1. The fourth-order valence-corrected chi connectivity index (χ4v) is 3.82. The van der Waals surface area contributed by atoms with E-state index in [1.54, 1.807) is 12.1 Å². The lowest BCUT2D eigenvalue weighted by molar-refractivity contribution is -0.402. The average Bonchev–Trinajstić information content (AvgIpc) is 3.39. The zero-order valence-corrected chi connectivity index (χ0v) is 14.6. The third-order valence-electron chi connectivity index (χ3n) is 5.20. The fraction of sp³-hybridized carbons (Fsp3) is 0.368. The number of nitrogens with one attached hydrogen (secondary N) is 1. The van der Waals surface area contributed by atoms with Crippen molar-refractivity contribution in [2.75, 3.05) is 16.8 Å². The minimum absolute atomic E-state index is 0.0952. The highest BCUT2D eigenvalue weighted by Gasteiger charge is 2.32. The van der Waals surface area contributed by atoms with Gasteiger partial charge in [0.1, 0.15) is 4.92 Å². The lowest BCUT2D eigenvalue weighted by Crippen LogP contribution is -2.33. The molecule has 4 rings (SSSR count). The summed E-state index contributed by atoms with van der Waals surface area (Å²) in [7, 11) is 0. The summed E-state index contributed by atoms with van der Waals surface area (Å²) < 4.78 is 4.92. The van der Waals surface area contributed by atoms with Crippen molar-refractivity contribution in [2.45, 2.75) is 32.1 Å². The molecule has 1 saturated carbocycles. The molecule has 27 heavy (non-hydrogen) atoms. The zero-order valence-electron chi connectivity index (χ0n) is 14.6. The molecule has 8 nitrogen and oxygen atoms in total. The summed E-state index contributed by atoms with van der Waals surface area (Å²) in [5.41, 5.74) is 2.42. The van der Waals surface area contributed by atoms with Gasteiger partial charge in [-0.2, -0.15) is 0 Å². The standard InChI is InChI=1S/C19H19N3O5/c23-18(16-7-8-17(27-16)22(25)26)20-14-6-5-12-9-10-21(15(12)11-14)19(24)13-3-1-2-4-13/h5-8,11,13H,1-4,9-10H2,(H,20,23). The van der Waals surface area contributed by atoms with Crippen LogP contribution >= 0.6 is 0 Å². The maximum absolute atomic E-state index is 12.8. The van der Waals surface area contributed by atoms with Crippen molar-refractivity contribution in [1.29, 1.82) is 0 Å². The van der Waals surface area contributed by atoms with E-state index < -0.39 is 16.7 Å². The van der Waals surface area contributed by atoms with Crippen LogP contribution in [0.5, 0.6) is 0 Å². The summed E-state index contributed by atoms with van der Waals surface area (Å²) in [4.78, 5) is 36.9. The van der Waals surface area contributed by atoms with Crippen molar-refractivity contribution in [3.8, 4) is 0 Å². The van der Waals surface area contributed by atoms with Gasteiger partial charge in [-0.3, -0.25) is 19.7 Å².